The molecule has 5 heteroatoms. The van der Waals surface area contributed by atoms with Gasteiger partial charge in [-0.3, -0.25) is 4.79 Å². The number of nitrogens with one attached hydrogen (secondary N) is 2. The second kappa shape index (κ2) is 5.97. The van der Waals surface area contributed by atoms with E-state index >= 15 is 0 Å². The molecule has 114 valence electrons. The number of anilines is 1. The topological polar surface area (TPSA) is 50.4 Å². The van der Waals surface area contributed by atoms with Crippen LogP contribution in [0.1, 0.15) is 25.7 Å². The summed E-state index contributed by atoms with van der Waals surface area (Å²) < 4.78 is 6.18. The number of hydrogen-bond donors (Lipinski definition) is 2. The largest absolute Gasteiger partial charge is 0.495 e. The van der Waals surface area contributed by atoms with E-state index in [4.69, 9.17) is 4.74 Å². The van der Waals surface area contributed by atoms with Crippen LogP contribution < -0.4 is 15.4 Å². The number of carbonyl (C=O) groups excluding carboxylic acids is 1. The number of methoxy groups -OCH3 is 1. The van der Waals surface area contributed by atoms with Gasteiger partial charge < -0.3 is 15.4 Å². The van der Waals surface area contributed by atoms with Crippen LogP contribution in [0.5, 0.6) is 5.75 Å². The lowest BCUT2D eigenvalue weighted by molar-refractivity contribution is -0.128. The predicted octanol–water partition coefficient (Wildman–Crippen LogP) is 3.18. The molecule has 0 spiro atoms. The molecule has 2 aliphatic rings. The van der Waals surface area contributed by atoms with Gasteiger partial charge in [-0.25, -0.2) is 0 Å². The highest BCUT2D eigenvalue weighted by Gasteiger charge is 2.49. The van der Waals surface area contributed by atoms with Crippen molar-refractivity contribution in [3.8, 4) is 5.75 Å². The number of amides is 1. The van der Waals surface area contributed by atoms with Gasteiger partial charge in [0.05, 0.1) is 17.0 Å². The first-order valence-corrected chi connectivity index (χ1v) is 8.31. The van der Waals surface area contributed by atoms with Gasteiger partial charge in [-0.15, -0.1) is 0 Å². The van der Waals surface area contributed by atoms with Crippen LogP contribution in [0.2, 0.25) is 0 Å². The lowest BCUT2D eigenvalue weighted by atomic mass is 9.67. The highest BCUT2D eigenvalue weighted by atomic mass is 79.9. The van der Waals surface area contributed by atoms with E-state index < -0.39 is 0 Å². The van der Waals surface area contributed by atoms with Gasteiger partial charge in [0, 0.05) is 18.3 Å². The lowest BCUT2D eigenvalue weighted by Crippen LogP contribution is -2.44. The van der Waals surface area contributed by atoms with Crippen LogP contribution in [0.3, 0.4) is 0 Å². The van der Waals surface area contributed by atoms with Gasteiger partial charge >= 0.3 is 0 Å². The Morgan fingerprint density at radius 3 is 3.14 bits per heavy atom. The van der Waals surface area contributed by atoms with Crippen LogP contribution in [0.15, 0.2) is 22.7 Å². The normalized spacial score (nSPS) is 28.0. The monoisotopic (exact) mass is 352 g/mol. The first-order chi connectivity index (χ1) is 10.2. The molecule has 0 radical (unpaired) electrons. The van der Waals surface area contributed by atoms with Crippen molar-refractivity contribution < 1.29 is 9.53 Å². The smallest absolute Gasteiger partial charge is 0.232 e. The Kier molecular flexibility index (Phi) is 4.22. The van der Waals surface area contributed by atoms with Crippen molar-refractivity contribution in [3.05, 3.63) is 22.7 Å². The molecule has 2 fully saturated rings. The summed E-state index contributed by atoms with van der Waals surface area (Å²) in [5.74, 6) is 1.36. The number of halogens is 1. The van der Waals surface area contributed by atoms with Gasteiger partial charge in [0.25, 0.3) is 0 Å². The quantitative estimate of drug-likeness (QED) is 0.878. The molecule has 2 N–H and O–H groups in total. The first kappa shape index (κ1) is 14.9. The van der Waals surface area contributed by atoms with E-state index in [9.17, 15) is 4.79 Å². The van der Waals surface area contributed by atoms with Crippen LogP contribution >= 0.6 is 15.9 Å². The number of ether oxygens (including phenoxy) is 1. The van der Waals surface area contributed by atoms with Gasteiger partial charge in [0.2, 0.25) is 5.91 Å². The molecule has 2 atom stereocenters. The molecule has 1 aromatic carbocycles. The van der Waals surface area contributed by atoms with Crippen molar-refractivity contribution in [2.75, 3.05) is 25.5 Å². The minimum Gasteiger partial charge on any atom is -0.495 e. The Hall–Kier alpha value is -1.07. The number of benzene rings is 1. The van der Waals surface area contributed by atoms with Crippen molar-refractivity contribution in [3.63, 3.8) is 0 Å². The Balaban J connectivity index is 1.79. The molecule has 21 heavy (non-hydrogen) atoms. The fourth-order valence-electron chi connectivity index (χ4n) is 3.68. The second-order valence-corrected chi connectivity index (χ2v) is 6.89. The van der Waals surface area contributed by atoms with Crippen molar-refractivity contribution in [2.45, 2.75) is 25.7 Å². The average molecular weight is 353 g/mol. The van der Waals surface area contributed by atoms with Crippen LogP contribution in [-0.2, 0) is 4.79 Å². The van der Waals surface area contributed by atoms with E-state index in [-0.39, 0.29) is 11.3 Å². The minimum atomic E-state index is -0.224. The summed E-state index contributed by atoms with van der Waals surface area (Å²) in [6.45, 7) is 1.77. The van der Waals surface area contributed by atoms with E-state index in [2.05, 4.69) is 26.6 Å². The molecule has 0 unspecified atom stereocenters. The molecule has 1 aliphatic carbocycles. The summed E-state index contributed by atoms with van der Waals surface area (Å²) in [7, 11) is 1.63. The molecule has 3 rings (SSSR count). The first-order valence-electron chi connectivity index (χ1n) is 7.51. The summed E-state index contributed by atoms with van der Waals surface area (Å²) in [5.41, 5.74) is 0.573. The van der Waals surface area contributed by atoms with Gasteiger partial charge in [-0.1, -0.05) is 12.8 Å². The third-order valence-electron chi connectivity index (χ3n) is 4.90. The number of carbonyl (C=O) groups is 1. The summed E-state index contributed by atoms with van der Waals surface area (Å²) >= 11 is 3.43. The Morgan fingerprint density at radius 1 is 1.48 bits per heavy atom. The predicted molar refractivity (Wildman–Crippen MR) is 86.6 cm³/mol. The highest BCUT2D eigenvalue weighted by Crippen LogP contribution is 2.44. The second-order valence-electron chi connectivity index (χ2n) is 6.03. The maximum atomic E-state index is 12.9. The van der Waals surface area contributed by atoms with Crippen LogP contribution in [0.25, 0.3) is 0 Å². The number of rotatable bonds is 3. The third-order valence-corrected chi connectivity index (χ3v) is 5.55. The fourth-order valence-corrected chi connectivity index (χ4v) is 4.09. The Morgan fingerprint density at radius 2 is 2.33 bits per heavy atom. The average Bonchev–Trinajstić information content (AvgIpc) is 2.94. The van der Waals surface area contributed by atoms with Gasteiger partial charge in [-0.2, -0.15) is 0 Å². The summed E-state index contributed by atoms with van der Waals surface area (Å²) in [6.07, 6.45) is 4.54. The van der Waals surface area contributed by atoms with Crippen molar-refractivity contribution in [1.82, 2.24) is 5.32 Å². The van der Waals surface area contributed by atoms with Gasteiger partial charge in [0.15, 0.2) is 0 Å². The zero-order valence-corrected chi connectivity index (χ0v) is 13.8. The van der Waals surface area contributed by atoms with Crippen LogP contribution in [-0.4, -0.2) is 26.1 Å². The Bertz CT molecular complexity index is 549. The van der Waals surface area contributed by atoms with Crippen LogP contribution in [0, 0.1) is 11.3 Å². The standard InChI is InChI=1S/C16H21BrN2O2/c1-21-14-8-12(5-6-13(14)17)19-15(20)16-7-3-2-4-11(16)9-18-10-16/h5-6,8,11,18H,2-4,7,9-10H2,1H3,(H,19,20)/t11-,16+/m0/s1. The molecule has 1 saturated carbocycles. The molecule has 1 amide bonds. The third kappa shape index (κ3) is 2.69. The van der Waals surface area contributed by atoms with Crippen molar-refractivity contribution in [2.24, 2.45) is 11.3 Å². The molecule has 0 aromatic heterocycles. The van der Waals surface area contributed by atoms with E-state index in [1.165, 1.54) is 6.42 Å². The molecule has 1 saturated heterocycles. The van der Waals surface area contributed by atoms with E-state index in [0.29, 0.717) is 5.92 Å². The maximum absolute atomic E-state index is 12.9. The van der Waals surface area contributed by atoms with E-state index in [1.807, 2.05) is 18.2 Å². The number of hydrogen-bond acceptors (Lipinski definition) is 3. The molecular formula is C16H21BrN2O2. The van der Waals surface area contributed by atoms with E-state index in [0.717, 1.165) is 48.3 Å². The van der Waals surface area contributed by atoms with Gasteiger partial charge in [-0.05, 0) is 53.4 Å². The SMILES string of the molecule is COc1cc(NC(=O)[C@@]23CCCC[C@H]2CNC3)ccc1Br. The maximum Gasteiger partial charge on any atom is 0.232 e. The minimum absolute atomic E-state index is 0.154. The molecule has 1 heterocycles. The summed E-state index contributed by atoms with van der Waals surface area (Å²) in [6, 6.07) is 5.66. The van der Waals surface area contributed by atoms with Crippen molar-refractivity contribution >= 4 is 27.5 Å². The number of fused-ring (bicyclic) bond motifs is 1. The molecule has 0 bridgehead atoms. The van der Waals surface area contributed by atoms with E-state index in [1.54, 1.807) is 7.11 Å². The lowest BCUT2D eigenvalue weighted by Gasteiger charge is -2.37. The Labute approximate surface area is 133 Å². The summed E-state index contributed by atoms with van der Waals surface area (Å²) in [5, 5.41) is 6.51. The molecule has 4 nitrogen and oxygen atoms in total. The molecule has 1 aromatic rings. The summed E-state index contributed by atoms with van der Waals surface area (Å²) in [4.78, 5) is 12.9. The van der Waals surface area contributed by atoms with Crippen molar-refractivity contribution in [1.29, 1.82) is 0 Å². The zero-order chi connectivity index (χ0) is 14.9. The van der Waals surface area contributed by atoms with Crippen LogP contribution in [0.4, 0.5) is 5.69 Å². The molecule has 1 aliphatic heterocycles. The highest BCUT2D eigenvalue weighted by molar-refractivity contribution is 9.10. The zero-order valence-electron chi connectivity index (χ0n) is 12.2. The molecular weight excluding hydrogens is 332 g/mol. The fraction of sp³-hybridized carbons (Fsp3) is 0.562. The van der Waals surface area contributed by atoms with Gasteiger partial charge in [0.1, 0.15) is 5.75 Å².